The molecule has 1 aliphatic rings. The third-order valence-corrected chi connectivity index (χ3v) is 6.62. The number of nitrogens with zero attached hydrogens (tertiary/aromatic N) is 6. The van der Waals surface area contributed by atoms with E-state index in [1.807, 2.05) is 35.4 Å². The van der Waals surface area contributed by atoms with E-state index in [1.165, 1.54) is 4.57 Å². The summed E-state index contributed by atoms with van der Waals surface area (Å²) in [4.78, 5) is 43.7. The first-order valence-corrected chi connectivity index (χ1v) is 11.2. The Labute approximate surface area is 182 Å². The zero-order valence-corrected chi connectivity index (χ0v) is 18.0. The van der Waals surface area contributed by atoms with Crippen LogP contribution in [0.3, 0.4) is 0 Å². The van der Waals surface area contributed by atoms with Crippen molar-refractivity contribution in [1.29, 1.82) is 0 Å². The van der Waals surface area contributed by atoms with Gasteiger partial charge in [0.05, 0.1) is 22.6 Å². The van der Waals surface area contributed by atoms with E-state index in [1.54, 1.807) is 30.1 Å². The van der Waals surface area contributed by atoms with Crippen LogP contribution in [-0.2, 0) is 11.3 Å². The molecule has 4 aromatic rings. The number of rotatable bonds is 4. The van der Waals surface area contributed by atoms with E-state index in [-0.39, 0.29) is 17.9 Å². The Morgan fingerprint density at radius 3 is 2.74 bits per heavy atom. The molecule has 5 rings (SSSR count). The van der Waals surface area contributed by atoms with Crippen molar-refractivity contribution in [2.75, 3.05) is 31.1 Å². The number of carbonyl (C=O) groups is 1. The average molecular weight is 435 g/mol. The van der Waals surface area contributed by atoms with Gasteiger partial charge in [0.2, 0.25) is 5.91 Å². The van der Waals surface area contributed by atoms with Gasteiger partial charge in [-0.3, -0.25) is 14.2 Å². The summed E-state index contributed by atoms with van der Waals surface area (Å²) in [6.07, 6.45) is 3.42. The number of carbonyl (C=O) groups excluding carboxylic acids is 1. The number of para-hydroxylation sites is 1. The summed E-state index contributed by atoms with van der Waals surface area (Å²) >= 11 is 1.60. The standard InChI is InChI=1S/C22H22N6O2S/c1-15-3-2-4-16-19(15)25-14-28(22(16)30)7-5-18(29)26-8-10-27(11-9-26)20-17-6-12-31-21(17)24-13-23-20/h2-4,6,12-14H,5,7-11H2,1H3. The monoisotopic (exact) mass is 434 g/mol. The Kier molecular flexibility index (Phi) is 5.11. The Balaban J connectivity index is 1.23. The summed E-state index contributed by atoms with van der Waals surface area (Å²) in [5.74, 6) is 0.988. The molecule has 0 bridgehead atoms. The van der Waals surface area contributed by atoms with Gasteiger partial charge in [0.1, 0.15) is 17.0 Å². The summed E-state index contributed by atoms with van der Waals surface area (Å²) in [6.45, 7) is 5.00. The van der Waals surface area contributed by atoms with E-state index < -0.39 is 0 Å². The molecule has 0 aliphatic carbocycles. The molecular weight excluding hydrogens is 412 g/mol. The molecule has 1 aromatic carbocycles. The van der Waals surface area contributed by atoms with Crippen LogP contribution < -0.4 is 10.5 Å². The number of anilines is 1. The first kappa shape index (κ1) is 19.6. The maximum atomic E-state index is 12.8. The predicted octanol–water partition coefficient (Wildman–Crippen LogP) is 2.45. The first-order valence-electron chi connectivity index (χ1n) is 10.3. The first-order chi connectivity index (χ1) is 15.1. The lowest BCUT2D eigenvalue weighted by molar-refractivity contribution is -0.131. The summed E-state index contributed by atoms with van der Waals surface area (Å²) in [6, 6.07) is 7.63. The maximum absolute atomic E-state index is 12.8. The van der Waals surface area contributed by atoms with Crippen molar-refractivity contribution in [3.63, 3.8) is 0 Å². The van der Waals surface area contributed by atoms with Crippen LogP contribution in [-0.4, -0.2) is 56.5 Å². The highest BCUT2D eigenvalue weighted by Gasteiger charge is 2.23. The van der Waals surface area contributed by atoms with Crippen LogP contribution in [0.25, 0.3) is 21.1 Å². The number of fused-ring (bicyclic) bond motifs is 2. The molecule has 31 heavy (non-hydrogen) atoms. The fraction of sp³-hybridized carbons (Fsp3) is 0.318. The number of amides is 1. The van der Waals surface area contributed by atoms with Crippen molar-refractivity contribution in [1.82, 2.24) is 24.4 Å². The van der Waals surface area contributed by atoms with Gasteiger partial charge in [0.25, 0.3) is 5.56 Å². The number of piperazine rings is 1. The van der Waals surface area contributed by atoms with E-state index in [0.717, 1.165) is 40.2 Å². The van der Waals surface area contributed by atoms with Crippen LogP contribution >= 0.6 is 11.3 Å². The molecule has 0 saturated carbocycles. The number of thiophene rings is 1. The van der Waals surface area contributed by atoms with Crippen molar-refractivity contribution < 1.29 is 4.79 Å². The SMILES string of the molecule is Cc1cccc2c(=O)n(CCC(=O)N3CCN(c4ncnc5sccc45)CC3)cnc12. The van der Waals surface area contributed by atoms with Crippen LogP contribution in [0.5, 0.6) is 0 Å². The summed E-state index contributed by atoms with van der Waals surface area (Å²) in [5.41, 5.74) is 1.59. The van der Waals surface area contributed by atoms with Crippen LogP contribution in [0.15, 0.2) is 47.1 Å². The molecule has 4 heterocycles. The molecule has 0 atom stereocenters. The lowest BCUT2D eigenvalue weighted by Gasteiger charge is -2.35. The number of hydrogen-bond donors (Lipinski definition) is 0. The minimum Gasteiger partial charge on any atom is -0.352 e. The number of aryl methyl sites for hydroxylation is 2. The molecule has 1 saturated heterocycles. The highest BCUT2D eigenvalue weighted by atomic mass is 32.1. The molecule has 0 unspecified atom stereocenters. The van der Waals surface area contributed by atoms with E-state index in [2.05, 4.69) is 19.9 Å². The Morgan fingerprint density at radius 2 is 1.90 bits per heavy atom. The Morgan fingerprint density at radius 1 is 1.06 bits per heavy atom. The van der Waals surface area contributed by atoms with E-state index >= 15 is 0 Å². The summed E-state index contributed by atoms with van der Waals surface area (Å²) in [5, 5.41) is 3.67. The molecule has 1 aliphatic heterocycles. The average Bonchev–Trinajstić information content (AvgIpc) is 3.28. The van der Waals surface area contributed by atoms with Crippen molar-refractivity contribution in [2.24, 2.45) is 0 Å². The summed E-state index contributed by atoms with van der Waals surface area (Å²) in [7, 11) is 0. The Hall–Kier alpha value is -3.33. The molecule has 3 aromatic heterocycles. The third-order valence-electron chi connectivity index (χ3n) is 5.79. The van der Waals surface area contributed by atoms with Crippen molar-refractivity contribution in [3.8, 4) is 0 Å². The number of aromatic nitrogens is 4. The van der Waals surface area contributed by atoms with E-state index in [4.69, 9.17) is 0 Å². The van der Waals surface area contributed by atoms with Crippen LogP contribution in [0.2, 0.25) is 0 Å². The minimum atomic E-state index is -0.102. The maximum Gasteiger partial charge on any atom is 0.261 e. The minimum absolute atomic E-state index is 0.0549. The second kappa shape index (κ2) is 8.07. The molecule has 1 fully saturated rings. The quantitative estimate of drug-likeness (QED) is 0.491. The molecule has 8 nitrogen and oxygen atoms in total. The van der Waals surface area contributed by atoms with Gasteiger partial charge in [-0.15, -0.1) is 11.3 Å². The fourth-order valence-electron chi connectivity index (χ4n) is 4.07. The number of benzene rings is 1. The zero-order valence-electron chi connectivity index (χ0n) is 17.2. The third kappa shape index (κ3) is 3.65. The van der Waals surface area contributed by atoms with Gasteiger partial charge < -0.3 is 9.80 Å². The van der Waals surface area contributed by atoms with E-state index in [9.17, 15) is 9.59 Å². The molecule has 9 heteroatoms. The van der Waals surface area contributed by atoms with Gasteiger partial charge in [0, 0.05) is 39.1 Å². The number of hydrogen-bond acceptors (Lipinski definition) is 7. The van der Waals surface area contributed by atoms with Crippen molar-refractivity contribution in [2.45, 2.75) is 19.9 Å². The van der Waals surface area contributed by atoms with Gasteiger partial charge >= 0.3 is 0 Å². The lowest BCUT2D eigenvalue weighted by atomic mass is 10.1. The zero-order chi connectivity index (χ0) is 21.4. The largest absolute Gasteiger partial charge is 0.352 e. The normalized spacial score (nSPS) is 14.5. The van der Waals surface area contributed by atoms with E-state index in [0.29, 0.717) is 25.0 Å². The second-order valence-electron chi connectivity index (χ2n) is 7.67. The van der Waals surface area contributed by atoms with Crippen LogP contribution in [0.4, 0.5) is 5.82 Å². The topological polar surface area (TPSA) is 84.2 Å². The molecule has 0 spiro atoms. The van der Waals surface area contributed by atoms with Gasteiger partial charge in [-0.1, -0.05) is 12.1 Å². The summed E-state index contributed by atoms with van der Waals surface area (Å²) < 4.78 is 1.53. The fourth-order valence-corrected chi connectivity index (χ4v) is 4.79. The second-order valence-corrected chi connectivity index (χ2v) is 8.56. The molecular formula is C22H22N6O2S. The van der Waals surface area contributed by atoms with Gasteiger partial charge in [-0.25, -0.2) is 15.0 Å². The highest BCUT2D eigenvalue weighted by Crippen LogP contribution is 2.27. The molecule has 0 radical (unpaired) electrons. The highest BCUT2D eigenvalue weighted by molar-refractivity contribution is 7.16. The predicted molar refractivity (Wildman–Crippen MR) is 122 cm³/mol. The van der Waals surface area contributed by atoms with Gasteiger partial charge in [-0.05, 0) is 30.0 Å². The molecule has 158 valence electrons. The van der Waals surface area contributed by atoms with Crippen LogP contribution in [0.1, 0.15) is 12.0 Å². The van der Waals surface area contributed by atoms with Crippen molar-refractivity contribution >= 4 is 44.2 Å². The van der Waals surface area contributed by atoms with Gasteiger partial charge in [-0.2, -0.15) is 0 Å². The van der Waals surface area contributed by atoms with Crippen LogP contribution in [0, 0.1) is 6.92 Å². The molecule has 0 N–H and O–H groups in total. The molecule has 1 amide bonds. The van der Waals surface area contributed by atoms with Gasteiger partial charge in [0.15, 0.2) is 0 Å². The van der Waals surface area contributed by atoms with Crippen molar-refractivity contribution in [3.05, 3.63) is 58.2 Å². The smallest absolute Gasteiger partial charge is 0.261 e. The lowest BCUT2D eigenvalue weighted by Crippen LogP contribution is -2.49. The Bertz CT molecular complexity index is 1320.